The van der Waals surface area contributed by atoms with Crippen LogP contribution in [0.4, 0.5) is 0 Å². The Bertz CT molecular complexity index is 1520. The summed E-state index contributed by atoms with van der Waals surface area (Å²) in [6.07, 6.45) is 2.00. The van der Waals surface area contributed by atoms with E-state index in [4.69, 9.17) is 0 Å². The largest absolute Gasteiger partial charge is 0.318 e. The highest BCUT2D eigenvalue weighted by molar-refractivity contribution is 7.15. The van der Waals surface area contributed by atoms with Crippen molar-refractivity contribution in [2.75, 3.05) is 0 Å². The van der Waals surface area contributed by atoms with Gasteiger partial charge in [-0.2, -0.15) is 0 Å². The minimum atomic E-state index is -0.00492. The molecule has 0 fully saturated rings. The van der Waals surface area contributed by atoms with Gasteiger partial charge >= 0.3 is 0 Å². The van der Waals surface area contributed by atoms with Crippen molar-refractivity contribution in [1.29, 1.82) is 0 Å². The number of hydrogen-bond acceptors (Lipinski definition) is 3. The van der Waals surface area contributed by atoms with Crippen LogP contribution in [-0.4, -0.2) is 14.0 Å². The van der Waals surface area contributed by atoms with Crippen LogP contribution in [0.25, 0.3) is 27.8 Å². The predicted octanol–water partition coefficient (Wildman–Crippen LogP) is 4.48. The summed E-state index contributed by atoms with van der Waals surface area (Å²) in [5.74, 6) is 0. The first-order chi connectivity index (χ1) is 13.9. The minimum Gasteiger partial charge on any atom is -0.318 e. The number of benzene rings is 2. The lowest BCUT2D eigenvalue weighted by molar-refractivity contribution is 0.961. The van der Waals surface area contributed by atoms with E-state index in [0.717, 1.165) is 38.6 Å². The van der Waals surface area contributed by atoms with Crippen molar-refractivity contribution in [2.45, 2.75) is 27.7 Å². The predicted molar refractivity (Wildman–Crippen MR) is 120 cm³/mol. The third-order valence-corrected chi connectivity index (χ3v) is 6.62. The minimum absolute atomic E-state index is 0.00492. The maximum Gasteiger partial charge on any atom is 0.274 e. The van der Waals surface area contributed by atoms with Gasteiger partial charge in [-0.05, 0) is 80.8 Å². The smallest absolute Gasteiger partial charge is 0.274 e. The molecule has 144 valence electrons. The molecule has 0 aliphatic heterocycles. The fourth-order valence-electron chi connectivity index (χ4n) is 3.95. The fourth-order valence-corrected chi connectivity index (χ4v) is 4.93. The molecule has 0 N–H and O–H groups in total. The number of aryl methyl sites for hydroxylation is 3. The van der Waals surface area contributed by atoms with Gasteiger partial charge in [0.2, 0.25) is 0 Å². The Hall–Kier alpha value is -3.18. The normalized spacial score (nSPS) is 12.5. The second kappa shape index (κ2) is 6.42. The molecular formula is C24H21N3OS. The highest BCUT2D eigenvalue weighted by atomic mass is 32.1. The first kappa shape index (κ1) is 17.9. The van der Waals surface area contributed by atoms with Crippen molar-refractivity contribution in [3.05, 3.63) is 91.5 Å². The van der Waals surface area contributed by atoms with Crippen LogP contribution in [-0.2, 0) is 0 Å². The van der Waals surface area contributed by atoms with Gasteiger partial charge in [0.25, 0.3) is 5.56 Å². The highest BCUT2D eigenvalue weighted by Crippen LogP contribution is 2.23. The summed E-state index contributed by atoms with van der Waals surface area (Å²) in [5, 5.41) is 0. The Morgan fingerprint density at radius 3 is 2.55 bits per heavy atom. The molecule has 5 aromatic rings. The second-order valence-electron chi connectivity index (χ2n) is 7.56. The molecule has 29 heavy (non-hydrogen) atoms. The summed E-state index contributed by atoms with van der Waals surface area (Å²) in [7, 11) is 0. The average molecular weight is 400 g/mol. The van der Waals surface area contributed by atoms with Gasteiger partial charge in [-0.25, -0.2) is 9.38 Å². The fraction of sp³-hybridized carbons (Fsp3) is 0.167. The average Bonchev–Trinajstić information content (AvgIpc) is 3.29. The molecule has 0 bridgehead atoms. The number of imidazole rings is 1. The third kappa shape index (κ3) is 2.73. The summed E-state index contributed by atoms with van der Waals surface area (Å²) in [5.41, 5.74) is 8.76. The summed E-state index contributed by atoms with van der Waals surface area (Å²) in [6.45, 7) is 8.47. The summed E-state index contributed by atoms with van der Waals surface area (Å²) in [4.78, 5) is 18.4. The van der Waals surface area contributed by atoms with Gasteiger partial charge in [-0.15, -0.1) is 0 Å². The van der Waals surface area contributed by atoms with Gasteiger partial charge in [0.1, 0.15) is 0 Å². The highest BCUT2D eigenvalue weighted by Gasteiger charge is 2.13. The number of para-hydroxylation sites is 2. The topological polar surface area (TPSA) is 39.3 Å². The van der Waals surface area contributed by atoms with E-state index in [1.807, 2.05) is 30.3 Å². The summed E-state index contributed by atoms with van der Waals surface area (Å²) < 4.78 is 4.67. The number of fused-ring (bicyclic) bond motifs is 3. The van der Waals surface area contributed by atoms with Crippen LogP contribution >= 0.6 is 11.3 Å². The molecule has 0 saturated heterocycles. The molecule has 0 spiro atoms. The van der Waals surface area contributed by atoms with Crippen LogP contribution in [0.5, 0.6) is 0 Å². The summed E-state index contributed by atoms with van der Waals surface area (Å²) in [6, 6.07) is 16.4. The molecule has 0 unspecified atom stereocenters. The van der Waals surface area contributed by atoms with Gasteiger partial charge in [0.15, 0.2) is 4.96 Å². The van der Waals surface area contributed by atoms with Crippen LogP contribution in [0.3, 0.4) is 0 Å². The Labute approximate surface area is 172 Å². The first-order valence-corrected chi connectivity index (χ1v) is 10.4. The van der Waals surface area contributed by atoms with E-state index in [9.17, 15) is 4.79 Å². The standard InChI is InChI=1S/C24H21N3OS/c1-14-9-10-19(11-15(14)2)26-16(3)12-18(17(26)4)13-22-23(28)27-21-8-6-5-7-20(21)25-24(27)29-22/h5-13H,1-4H3/b22-13-. The van der Waals surface area contributed by atoms with Crippen LogP contribution in [0.2, 0.25) is 0 Å². The zero-order valence-electron chi connectivity index (χ0n) is 16.9. The van der Waals surface area contributed by atoms with Gasteiger partial charge in [0, 0.05) is 17.1 Å². The van der Waals surface area contributed by atoms with Crippen molar-refractivity contribution in [3.8, 4) is 5.69 Å². The molecule has 0 aliphatic carbocycles. The molecule has 0 amide bonds. The van der Waals surface area contributed by atoms with Crippen molar-refractivity contribution < 1.29 is 0 Å². The number of hydrogen-bond donors (Lipinski definition) is 0. The van der Waals surface area contributed by atoms with E-state index in [1.54, 1.807) is 4.40 Å². The number of thiazole rings is 1. The lowest BCUT2D eigenvalue weighted by Gasteiger charge is -2.11. The lowest BCUT2D eigenvalue weighted by Crippen LogP contribution is -2.22. The molecule has 3 heterocycles. The molecule has 0 aliphatic rings. The number of aromatic nitrogens is 3. The molecule has 0 radical (unpaired) electrons. The molecule has 0 saturated carbocycles. The maximum absolute atomic E-state index is 13.1. The van der Waals surface area contributed by atoms with E-state index < -0.39 is 0 Å². The number of nitrogens with zero attached hydrogens (tertiary/aromatic N) is 3. The zero-order chi connectivity index (χ0) is 20.3. The molecule has 5 heteroatoms. The molecule has 3 aromatic heterocycles. The SMILES string of the molecule is Cc1ccc(-n2c(C)cc(/C=c3\sc4nc5ccccc5n4c3=O)c2C)cc1C. The van der Waals surface area contributed by atoms with Gasteiger partial charge < -0.3 is 4.57 Å². The lowest BCUT2D eigenvalue weighted by atomic mass is 10.1. The second-order valence-corrected chi connectivity index (χ2v) is 8.57. The van der Waals surface area contributed by atoms with Gasteiger partial charge in [0.05, 0.1) is 15.6 Å². The maximum atomic E-state index is 13.1. The van der Waals surface area contributed by atoms with Crippen molar-refractivity contribution in [1.82, 2.24) is 14.0 Å². The molecule has 2 aromatic carbocycles. The van der Waals surface area contributed by atoms with Crippen LogP contribution in [0.1, 0.15) is 28.1 Å². The molecule has 4 nitrogen and oxygen atoms in total. The van der Waals surface area contributed by atoms with Crippen molar-refractivity contribution in [2.24, 2.45) is 0 Å². The van der Waals surface area contributed by atoms with Gasteiger partial charge in [-0.3, -0.25) is 4.79 Å². The van der Waals surface area contributed by atoms with E-state index in [-0.39, 0.29) is 5.56 Å². The molecular weight excluding hydrogens is 378 g/mol. The molecule has 5 rings (SSSR count). The Morgan fingerprint density at radius 1 is 0.966 bits per heavy atom. The van der Waals surface area contributed by atoms with Crippen molar-refractivity contribution in [3.63, 3.8) is 0 Å². The van der Waals surface area contributed by atoms with E-state index in [2.05, 4.69) is 61.5 Å². The molecule has 0 atom stereocenters. The summed E-state index contributed by atoms with van der Waals surface area (Å²) >= 11 is 1.44. The quantitative estimate of drug-likeness (QED) is 0.439. The Kier molecular flexibility index (Phi) is 3.96. The first-order valence-electron chi connectivity index (χ1n) is 9.62. The third-order valence-electron chi connectivity index (χ3n) is 5.65. The zero-order valence-corrected chi connectivity index (χ0v) is 17.7. The van der Waals surface area contributed by atoms with Crippen LogP contribution in [0.15, 0.2) is 53.3 Å². The number of rotatable bonds is 2. The monoisotopic (exact) mass is 399 g/mol. The van der Waals surface area contributed by atoms with E-state index in [1.165, 1.54) is 22.5 Å². The van der Waals surface area contributed by atoms with Gasteiger partial charge in [-0.1, -0.05) is 29.5 Å². The van der Waals surface area contributed by atoms with Crippen molar-refractivity contribution >= 4 is 33.4 Å². The van der Waals surface area contributed by atoms with Crippen LogP contribution in [0, 0.1) is 27.7 Å². The van der Waals surface area contributed by atoms with E-state index in [0.29, 0.717) is 4.53 Å². The Morgan fingerprint density at radius 2 is 1.76 bits per heavy atom. The van der Waals surface area contributed by atoms with E-state index >= 15 is 0 Å². The Balaban J connectivity index is 1.69. The van der Waals surface area contributed by atoms with Crippen LogP contribution < -0.4 is 10.1 Å².